The number of aryl methyl sites for hydroxylation is 1. The van der Waals surface area contributed by atoms with Crippen LogP contribution in [0.25, 0.3) is 10.9 Å². The van der Waals surface area contributed by atoms with E-state index in [1.807, 2.05) is 0 Å². The zero-order valence-electron chi connectivity index (χ0n) is 7.85. The van der Waals surface area contributed by atoms with Crippen molar-refractivity contribution in [3.05, 3.63) is 33.5 Å². The predicted octanol–water partition coefficient (Wildman–Crippen LogP) is 1.59. The topological polar surface area (TPSA) is 88.9 Å². The van der Waals surface area contributed by atoms with Gasteiger partial charge in [-0.15, -0.1) is 0 Å². The molecule has 0 aliphatic heterocycles. The number of hydrogen-bond donors (Lipinski definition) is 1. The fourth-order valence-electron chi connectivity index (χ4n) is 1.49. The predicted molar refractivity (Wildman–Crippen MR) is 52.9 cm³/mol. The molecule has 2 rings (SSSR count). The quantitative estimate of drug-likeness (QED) is 0.458. The van der Waals surface area contributed by atoms with E-state index in [0.29, 0.717) is 22.8 Å². The van der Waals surface area contributed by atoms with E-state index in [1.165, 1.54) is 12.1 Å². The van der Waals surface area contributed by atoms with Crippen molar-refractivity contribution in [3.63, 3.8) is 0 Å². The van der Waals surface area contributed by atoms with Gasteiger partial charge in [0.25, 0.3) is 5.69 Å². The van der Waals surface area contributed by atoms with Gasteiger partial charge in [-0.1, -0.05) is 0 Å². The van der Waals surface area contributed by atoms with Crippen LogP contribution >= 0.6 is 0 Å². The van der Waals surface area contributed by atoms with Crippen LogP contribution in [0.5, 0.6) is 0 Å². The van der Waals surface area contributed by atoms with Crippen LogP contribution in [0.15, 0.2) is 12.1 Å². The van der Waals surface area contributed by atoms with Gasteiger partial charge in [-0.05, 0) is 12.5 Å². The first-order chi connectivity index (χ1) is 7.13. The van der Waals surface area contributed by atoms with Crippen molar-refractivity contribution in [3.8, 4) is 0 Å². The third-order valence-corrected chi connectivity index (χ3v) is 2.19. The summed E-state index contributed by atoms with van der Waals surface area (Å²) >= 11 is 0. The molecule has 0 saturated heterocycles. The maximum Gasteiger partial charge on any atom is 0.270 e. The fourth-order valence-corrected chi connectivity index (χ4v) is 1.49. The van der Waals surface area contributed by atoms with E-state index in [0.717, 1.165) is 0 Å². The average Bonchev–Trinajstić information content (AvgIpc) is 2.60. The summed E-state index contributed by atoms with van der Waals surface area (Å²) in [6, 6.07) is 2.77. The van der Waals surface area contributed by atoms with Crippen LogP contribution in [-0.2, 0) is 0 Å². The molecule has 6 heteroatoms. The summed E-state index contributed by atoms with van der Waals surface area (Å²) in [6.45, 7) is 1.71. The molecule has 6 nitrogen and oxygen atoms in total. The molecule has 0 amide bonds. The maximum atomic E-state index is 10.6. The lowest BCUT2D eigenvalue weighted by molar-refractivity contribution is -0.384. The Morgan fingerprint density at radius 3 is 2.87 bits per heavy atom. The number of aromatic nitrogens is 2. The van der Waals surface area contributed by atoms with E-state index >= 15 is 0 Å². The normalized spacial score (nSPS) is 10.5. The van der Waals surface area contributed by atoms with Crippen LogP contribution in [0.1, 0.15) is 16.1 Å². The first-order valence-corrected chi connectivity index (χ1v) is 4.22. The number of rotatable bonds is 2. The first kappa shape index (κ1) is 9.32. The number of benzene rings is 1. The molecule has 1 aromatic carbocycles. The van der Waals surface area contributed by atoms with Crippen LogP contribution in [0.3, 0.4) is 0 Å². The Kier molecular flexibility index (Phi) is 1.96. The highest BCUT2D eigenvalue weighted by atomic mass is 16.6. The Labute approximate surface area is 84.1 Å². The lowest BCUT2D eigenvalue weighted by atomic mass is 10.1. The average molecular weight is 205 g/mol. The minimum absolute atomic E-state index is 0.0375. The minimum atomic E-state index is -0.492. The van der Waals surface area contributed by atoms with Crippen molar-refractivity contribution in [1.29, 1.82) is 0 Å². The van der Waals surface area contributed by atoms with Gasteiger partial charge in [-0.25, -0.2) is 0 Å². The van der Waals surface area contributed by atoms with Gasteiger partial charge in [-0.3, -0.25) is 20.0 Å². The Balaban J connectivity index is 2.82. The van der Waals surface area contributed by atoms with E-state index in [-0.39, 0.29) is 11.4 Å². The zero-order chi connectivity index (χ0) is 11.0. The molecule has 0 unspecified atom stereocenters. The lowest BCUT2D eigenvalue weighted by Gasteiger charge is -1.95. The van der Waals surface area contributed by atoms with E-state index in [1.54, 1.807) is 6.92 Å². The highest BCUT2D eigenvalue weighted by Gasteiger charge is 2.13. The van der Waals surface area contributed by atoms with E-state index < -0.39 is 4.92 Å². The van der Waals surface area contributed by atoms with Crippen molar-refractivity contribution >= 4 is 22.9 Å². The largest absolute Gasteiger partial charge is 0.296 e. The fraction of sp³-hybridized carbons (Fsp3) is 0.111. The number of nitrogens with zero attached hydrogens (tertiary/aromatic N) is 2. The summed E-state index contributed by atoms with van der Waals surface area (Å²) in [5, 5.41) is 17.5. The summed E-state index contributed by atoms with van der Waals surface area (Å²) in [4.78, 5) is 20.7. The molecule has 0 radical (unpaired) electrons. The number of nitro groups is 1. The second-order valence-corrected chi connectivity index (χ2v) is 3.17. The molecular weight excluding hydrogens is 198 g/mol. The number of carbonyl (C=O) groups excluding carboxylic acids is 1. The van der Waals surface area contributed by atoms with E-state index in [2.05, 4.69) is 10.2 Å². The second kappa shape index (κ2) is 3.16. The van der Waals surface area contributed by atoms with Crippen molar-refractivity contribution in [2.45, 2.75) is 6.92 Å². The molecule has 1 heterocycles. The number of fused-ring (bicyclic) bond motifs is 1. The Hall–Kier alpha value is -2.24. The molecule has 0 fully saturated rings. The Morgan fingerprint density at radius 2 is 2.27 bits per heavy atom. The molecule has 76 valence electrons. The summed E-state index contributed by atoms with van der Waals surface area (Å²) in [5.74, 6) is 0. The summed E-state index contributed by atoms with van der Waals surface area (Å²) in [7, 11) is 0. The van der Waals surface area contributed by atoms with Gasteiger partial charge in [0.15, 0.2) is 6.29 Å². The van der Waals surface area contributed by atoms with Gasteiger partial charge in [0.1, 0.15) is 5.69 Å². The summed E-state index contributed by atoms with van der Waals surface area (Å²) in [5.41, 5.74) is 1.48. The third-order valence-electron chi connectivity index (χ3n) is 2.19. The van der Waals surface area contributed by atoms with Crippen LogP contribution in [-0.4, -0.2) is 21.4 Å². The molecule has 15 heavy (non-hydrogen) atoms. The Bertz CT molecular complexity index is 559. The van der Waals surface area contributed by atoms with Crippen molar-refractivity contribution < 1.29 is 9.72 Å². The van der Waals surface area contributed by atoms with Gasteiger partial charge in [0, 0.05) is 17.5 Å². The second-order valence-electron chi connectivity index (χ2n) is 3.17. The van der Waals surface area contributed by atoms with Gasteiger partial charge in [-0.2, -0.15) is 5.10 Å². The first-order valence-electron chi connectivity index (χ1n) is 4.22. The Morgan fingerprint density at radius 1 is 1.53 bits per heavy atom. The summed E-state index contributed by atoms with van der Waals surface area (Å²) < 4.78 is 0. The standard InChI is InChI=1S/C9H7N3O3/c1-5-2-6(12(14)15)3-7-8(4-13)10-11-9(5)7/h2-4H,1H3,(H,10,11). The molecule has 0 saturated carbocycles. The molecule has 0 aliphatic rings. The number of aromatic amines is 1. The van der Waals surface area contributed by atoms with Gasteiger partial charge >= 0.3 is 0 Å². The zero-order valence-corrected chi connectivity index (χ0v) is 7.85. The van der Waals surface area contributed by atoms with Crippen LogP contribution in [0.4, 0.5) is 5.69 Å². The number of H-pyrrole nitrogens is 1. The molecule has 0 atom stereocenters. The number of hydrogen-bond acceptors (Lipinski definition) is 4. The number of non-ortho nitro benzene ring substituents is 1. The van der Waals surface area contributed by atoms with Crippen molar-refractivity contribution in [1.82, 2.24) is 10.2 Å². The van der Waals surface area contributed by atoms with Crippen LogP contribution < -0.4 is 0 Å². The maximum absolute atomic E-state index is 10.6. The molecule has 0 bridgehead atoms. The summed E-state index contributed by atoms with van der Waals surface area (Å²) in [6.07, 6.45) is 0.596. The van der Waals surface area contributed by atoms with E-state index in [9.17, 15) is 14.9 Å². The molecule has 0 aliphatic carbocycles. The van der Waals surface area contributed by atoms with Crippen LogP contribution in [0.2, 0.25) is 0 Å². The van der Waals surface area contributed by atoms with E-state index in [4.69, 9.17) is 0 Å². The molecule has 1 N–H and O–H groups in total. The number of carbonyl (C=O) groups is 1. The lowest BCUT2D eigenvalue weighted by Crippen LogP contribution is -1.89. The minimum Gasteiger partial charge on any atom is -0.296 e. The SMILES string of the molecule is Cc1cc([N+](=O)[O-])cc2c(C=O)[nH]nc12. The van der Waals surface area contributed by atoms with Gasteiger partial charge in [0.05, 0.1) is 10.4 Å². The molecule has 1 aromatic heterocycles. The van der Waals surface area contributed by atoms with Gasteiger partial charge in [0.2, 0.25) is 0 Å². The van der Waals surface area contributed by atoms with Crippen molar-refractivity contribution in [2.75, 3.05) is 0 Å². The third kappa shape index (κ3) is 1.35. The molecule has 0 spiro atoms. The molecule has 2 aromatic rings. The van der Waals surface area contributed by atoms with Crippen molar-refractivity contribution in [2.24, 2.45) is 0 Å². The smallest absolute Gasteiger partial charge is 0.270 e. The number of nitrogens with one attached hydrogen (secondary N) is 1. The highest BCUT2D eigenvalue weighted by molar-refractivity contribution is 5.97. The number of nitro benzene ring substituents is 1. The monoisotopic (exact) mass is 205 g/mol. The number of aldehydes is 1. The highest BCUT2D eigenvalue weighted by Crippen LogP contribution is 2.24. The van der Waals surface area contributed by atoms with Gasteiger partial charge < -0.3 is 0 Å². The van der Waals surface area contributed by atoms with Crippen LogP contribution in [0, 0.1) is 17.0 Å². The molecular formula is C9H7N3O3.